The van der Waals surface area contributed by atoms with Gasteiger partial charge >= 0.3 is 0 Å². The van der Waals surface area contributed by atoms with E-state index >= 15 is 0 Å². The van der Waals surface area contributed by atoms with Gasteiger partial charge in [0, 0.05) is 21.2 Å². The molecule has 3 aromatic carbocycles. The van der Waals surface area contributed by atoms with Crippen LogP contribution in [0.1, 0.15) is 15.9 Å². The molecule has 0 radical (unpaired) electrons. The first-order chi connectivity index (χ1) is 14.5. The van der Waals surface area contributed by atoms with Crippen molar-refractivity contribution in [3.05, 3.63) is 98.5 Å². The highest BCUT2D eigenvalue weighted by Gasteiger charge is 2.12. The van der Waals surface area contributed by atoms with Crippen LogP contribution in [0.3, 0.4) is 0 Å². The Balaban J connectivity index is 1.74. The van der Waals surface area contributed by atoms with E-state index in [1.54, 1.807) is 29.7 Å². The number of fused-ring (bicyclic) bond motifs is 1. The summed E-state index contributed by atoms with van der Waals surface area (Å²) in [5.41, 5.74) is 4.31. The minimum atomic E-state index is -0.698. The van der Waals surface area contributed by atoms with Gasteiger partial charge in [0.25, 0.3) is 11.5 Å². The van der Waals surface area contributed by atoms with Gasteiger partial charge in [0.1, 0.15) is 0 Å². The average molecular weight is 440 g/mol. The molecule has 0 fully saturated rings. The third-order valence-electron chi connectivity index (χ3n) is 4.72. The lowest BCUT2D eigenvalue weighted by Gasteiger charge is -2.11. The standard InChI is InChI=1S/C22H15Cl2N3O3/c23-17-5-2-6-18(24)20(17)14-4-1-3-13(9-14)11-27-12-25-19-8-7-15(21(28)26-30)10-16(19)22(27)29/h1-10,12,30H,11H2,(H,26,28). The zero-order valence-corrected chi connectivity index (χ0v) is 17.0. The maximum atomic E-state index is 12.9. The first-order valence-electron chi connectivity index (χ1n) is 8.95. The number of rotatable bonds is 4. The number of aromatic nitrogens is 2. The van der Waals surface area contributed by atoms with Crippen LogP contribution in [-0.4, -0.2) is 20.7 Å². The smallest absolute Gasteiger partial charge is 0.274 e. The molecule has 8 heteroatoms. The van der Waals surface area contributed by atoms with E-state index in [0.29, 0.717) is 15.6 Å². The van der Waals surface area contributed by atoms with Gasteiger partial charge in [-0.2, -0.15) is 0 Å². The SMILES string of the molecule is O=C(NO)c1ccc2ncn(Cc3cccc(-c4c(Cl)cccc4Cl)c3)c(=O)c2c1. The molecular formula is C22H15Cl2N3O3. The van der Waals surface area contributed by atoms with Crippen LogP contribution in [0.25, 0.3) is 22.0 Å². The highest BCUT2D eigenvalue weighted by atomic mass is 35.5. The highest BCUT2D eigenvalue weighted by Crippen LogP contribution is 2.34. The Bertz CT molecular complexity index is 1310. The van der Waals surface area contributed by atoms with E-state index in [9.17, 15) is 9.59 Å². The van der Waals surface area contributed by atoms with E-state index in [2.05, 4.69) is 4.98 Å². The van der Waals surface area contributed by atoms with Gasteiger partial charge in [0.15, 0.2) is 0 Å². The van der Waals surface area contributed by atoms with Crippen molar-refractivity contribution in [1.29, 1.82) is 0 Å². The fourth-order valence-electron chi connectivity index (χ4n) is 3.27. The number of nitrogens with one attached hydrogen (secondary N) is 1. The van der Waals surface area contributed by atoms with Crippen LogP contribution in [0.2, 0.25) is 10.0 Å². The zero-order valence-electron chi connectivity index (χ0n) is 15.5. The lowest BCUT2D eigenvalue weighted by atomic mass is 10.0. The zero-order chi connectivity index (χ0) is 21.3. The largest absolute Gasteiger partial charge is 0.294 e. The van der Waals surface area contributed by atoms with E-state index in [1.165, 1.54) is 23.0 Å². The number of carbonyl (C=O) groups is 1. The summed E-state index contributed by atoms with van der Waals surface area (Å²) < 4.78 is 1.45. The van der Waals surface area contributed by atoms with Gasteiger partial charge < -0.3 is 0 Å². The second-order valence-corrected chi connectivity index (χ2v) is 7.46. The number of halogens is 2. The van der Waals surface area contributed by atoms with Crippen LogP contribution in [0.4, 0.5) is 0 Å². The molecule has 0 bridgehead atoms. The van der Waals surface area contributed by atoms with Crippen molar-refractivity contribution in [1.82, 2.24) is 15.0 Å². The normalized spacial score (nSPS) is 10.9. The summed E-state index contributed by atoms with van der Waals surface area (Å²) in [7, 11) is 0. The predicted molar refractivity (Wildman–Crippen MR) is 116 cm³/mol. The summed E-state index contributed by atoms with van der Waals surface area (Å²) in [4.78, 5) is 28.9. The lowest BCUT2D eigenvalue weighted by molar-refractivity contribution is 0.0706. The van der Waals surface area contributed by atoms with E-state index in [0.717, 1.165) is 16.7 Å². The summed E-state index contributed by atoms with van der Waals surface area (Å²) in [6.07, 6.45) is 1.46. The van der Waals surface area contributed by atoms with Gasteiger partial charge in [0.05, 0.1) is 23.8 Å². The van der Waals surface area contributed by atoms with E-state index in [-0.39, 0.29) is 23.1 Å². The highest BCUT2D eigenvalue weighted by molar-refractivity contribution is 6.39. The number of carbonyl (C=O) groups excluding carboxylic acids is 1. The molecule has 0 aliphatic rings. The topological polar surface area (TPSA) is 84.2 Å². The summed E-state index contributed by atoms with van der Waals surface area (Å²) in [5, 5.41) is 10.2. The molecular weight excluding hydrogens is 425 g/mol. The molecule has 0 atom stereocenters. The number of hydrogen-bond donors (Lipinski definition) is 2. The molecule has 150 valence electrons. The van der Waals surface area contributed by atoms with Crippen molar-refractivity contribution in [2.45, 2.75) is 6.54 Å². The predicted octanol–water partition coefficient (Wildman–Crippen LogP) is 4.54. The van der Waals surface area contributed by atoms with Gasteiger partial charge in [-0.1, -0.05) is 47.5 Å². The van der Waals surface area contributed by atoms with Crippen molar-refractivity contribution in [3.63, 3.8) is 0 Å². The van der Waals surface area contributed by atoms with Crippen molar-refractivity contribution in [2.75, 3.05) is 0 Å². The minimum absolute atomic E-state index is 0.164. The molecule has 1 heterocycles. The Labute approximate surface area is 181 Å². The monoisotopic (exact) mass is 439 g/mol. The maximum absolute atomic E-state index is 12.9. The fourth-order valence-corrected chi connectivity index (χ4v) is 3.89. The molecule has 4 rings (SSSR count). The van der Waals surface area contributed by atoms with Crippen LogP contribution < -0.4 is 11.0 Å². The van der Waals surface area contributed by atoms with Crippen molar-refractivity contribution in [3.8, 4) is 11.1 Å². The molecule has 1 aromatic heterocycles. The molecule has 0 unspecified atom stereocenters. The second kappa shape index (κ2) is 8.28. The average Bonchev–Trinajstić information content (AvgIpc) is 2.75. The molecule has 0 saturated heterocycles. The molecule has 30 heavy (non-hydrogen) atoms. The van der Waals surface area contributed by atoms with Crippen molar-refractivity contribution in [2.24, 2.45) is 0 Å². The molecule has 0 aliphatic carbocycles. The summed E-state index contributed by atoms with van der Waals surface area (Å²) in [6, 6.07) is 17.4. The van der Waals surface area contributed by atoms with Crippen molar-refractivity contribution < 1.29 is 10.0 Å². The Kier molecular flexibility index (Phi) is 5.55. The number of hydroxylamine groups is 1. The summed E-state index contributed by atoms with van der Waals surface area (Å²) >= 11 is 12.6. The van der Waals surface area contributed by atoms with Gasteiger partial charge in [-0.3, -0.25) is 19.4 Å². The van der Waals surface area contributed by atoms with E-state index < -0.39 is 5.91 Å². The molecule has 0 spiro atoms. The van der Waals surface area contributed by atoms with Crippen LogP contribution in [0.5, 0.6) is 0 Å². The van der Waals surface area contributed by atoms with Crippen LogP contribution in [0.15, 0.2) is 71.8 Å². The van der Waals surface area contributed by atoms with Gasteiger partial charge in [0.2, 0.25) is 0 Å². The van der Waals surface area contributed by atoms with Crippen LogP contribution in [0, 0.1) is 0 Å². The Hall–Kier alpha value is -3.19. The van der Waals surface area contributed by atoms with E-state index in [4.69, 9.17) is 28.4 Å². The van der Waals surface area contributed by atoms with Gasteiger partial charge in [-0.05, 0) is 47.5 Å². The number of benzene rings is 3. The Morgan fingerprint density at radius 2 is 1.77 bits per heavy atom. The first kappa shape index (κ1) is 20.1. The molecule has 6 nitrogen and oxygen atoms in total. The molecule has 4 aromatic rings. The third kappa shape index (κ3) is 3.80. The van der Waals surface area contributed by atoms with Crippen LogP contribution in [-0.2, 0) is 6.54 Å². The quantitative estimate of drug-likeness (QED) is 0.361. The fraction of sp³-hybridized carbons (Fsp3) is 0.0455. The van der Waals surface area contributed by atoms with Gasteiger partial charge in [-0.15, -0.1) is 0 Å². The number of nitrogens with zero attached hydrogens (tertiary/aromatic N) is 2. The number of amides is 1. The Morgan fingerprint density at radius 1 is 1.03 bits per heavy atom. The molecule has 0 aliphatic heterocycles. The number of hydrogen-bond acceptors (Lipinski definition) is 4. The summed E-state index contributed by atoms with van der Waals surface area (Å²) in [5.74, 6) is -0.698. The third-order valence-corrected chi connectivity index (χ3v) is 5.35. The first-order valence-corrected chi connectivity index (χ1v) is 9.70. The second-order valence-electron chi connectivity index (χ2n) is 6.65. The van der Waals surface area contributed by atoms with Gasteiger partial charge in [-0.25, -0.2) is 10.5 Å². The van der Waals surface area contributed by atoms with Crippen molar-refractivity contribution >= 4 is 40.0 Å². The molecule has 0 saturated carbocycles. The maximum Gasteiger partial charge on any atom is 0.274 e. The molecule has 2 N–H and O–H groups in total. The van der Waals surface area contributed by atoms with E-state index in [1.807, 2.05) is 24.3 Å². The molecule has 1 amide bonds. The lowest BCUT2D eigenvalue weighted by Crippen LogP contribution is -2.23. The Morgan fingerprint density at radius 3 is 2.50 bits per heavy atom. The summed E-state index contributed by atoms with van der Waals surface area (Å²) in [6.45, 7) is 0.272. The minimum Gasteiger partial charge on any atom is -0.294 e. The van der Waals surface area contributed by atoms with Crippen LogP contribution >= 0.6 is 23.2 Å².